The Kier molecular flexibility index (Phi) is 1.49. The Morgan fingerprint density at radius 3 is 2.86 bits per heavy atom. The van der Waals surface area contributed by atoms with Crippen molar-refractivity contribution >= 4 is 11.0 Å². The van der Waals surface area contributed by atoms with Crippen LogP contribution in [0.2, 0.25) is 0 Å². The maximum absolute atomic E-state index is 4.55. The molecule has 3 rings (SSSR count). The van der Waals surface area contributed by atoms with Crippen molar-refractivity contribution < 1.29 is 0 Å². The summed E-state index contributed by atoms with van der Waals surface area (Å²) in [5.41, 5.74) is 3.86. The SMILES string of the molecule is Cc1nc2cc(C3CC3)ccc2n1C. The van der Waals surface area contributed by atoms with Crippen LogP contribution in [0.3, 0.4) is 0 Å². The Morgan fingerprint density at radius 2 is 2.14 bits per heavy atom. The largest absolute Gasteiger partial charge is 0.331 e. The van der Waals surface area contributed by atoms with Crippen LogP contribution in [0.1, 0.15) is 30.1 Å². The summed E-state index contributed by atoms with van der Waals surface area (Å²) in [5, 5.41) is 0. The Bertz CT molecular complexity index is 492. The highest BCUT2D eigenvalue weighted by Gasteiger charge is 2.23. The lowest BCUT2D eigenvalue weighted by atomic mass is 10.1. The third-order valence-corrected chi connectivity index (χ3v) is 3.18. The van der Waals surface area contributed by atoms with Gasteiger partial charge in [0, 0.05) is 7.05 Å². The molecule has 1 saturated carbocycles. The molecule has 0 atom stereocenters. The van der Waals surface area contributed by atoms with Crippen molar-refractivity contribution in [3.05, 3.63) is 29.6 Å². The molecule has 0 spiro atoms. The lowest BCUT2D eigenvalue weighted by Gasteiger charge is -1.98. The minimum Gasteiger partial charge on any atom is -0.331 e. The van der Waals surface area contributed by atoms with Gasteiger partial charge in [-0.2, -0.15) is 0 Å². The van der Waals surface area contributed by atoms with Crippen LogP contribution in [-0.2, 0) is 7.05 Å². The highest BCUT2D eigenvalue weighted by atomic mass is 15.0. The first-order valence-electron chi connectivity index (χ1n) is 5.18. The number of nitrogens with zero attached hydrogens (tertiary/aromatic N) is 2. The topological polar surface area (TPSA) is 17.8 Å². The van der Waals surface area contributed by atoms with Gasteiger partial charge in [-0.05, 0) is 43.4 Å². The zero-order valence-corrected chi connectivity index (χ0v) is 8.62. The van der Waals surface area contributed by atoms with E-state index >= 15 is 0 Å². The number of aryl methyl sites for hydroxylation is 2. The highest BCUT2D eigenvalue weighted by Crippen LogP contribution is 2.40. The minimum atomic E-state index is 0.821. The zero-order chi connectivity index (χ0) is 9.71. The number of hydrogen-bond donors (Lipinski definition) is 0. The van der Waals surface area contributed by atoms with Crippen LogP contribution < -0.4 is 0 Å². The Hall–Kier alpha value is -1.31. The molecule has 0 aliphatic heterocycles. The summed E-state index contributed by atoms with van der Waals surface area (Å²) in [7, 11) is 2.07. The molecule has 72 valence electrons. The van der Waals surface area contributed by atoms with Crippen LogP contribution in [0.25, 0.3) is 11.0 Å². The number of aromatic nitrogens is 2. The fraction of sp³-hybridized carbons (Fsp3) is 0.417. The van der Waals surface area contributed by atoms with Gasteiger partial charge < -0.3 is 4.57 Å². The molecule has 1 aromatic heterocycles. The van der Waals surface area contributed by atoms with Gasteiger partial charge in [-0.3, -0.25) is 0 Å². The maximum atomic E-state index is 4.55. The van der Waals surface area contributed by atoms with E-state index in [1.54, 1.807) is 0 Å². The van der Waals surface area contributed by atoms with Crippen molar-refractivity contribution in [3.8, 4) is 0 Å². The molecule has 0 amide bonds. The zero-order valence-electron chi connectivity index (χ0n) is 8.62. The van der Waals surface area contributed by atoms with E-state index in [4.69, 9.17) is 0 Å². The molecule has 1 fully saturated rings. The molecule has 1 heterocycles. The van der Waals surface area contributed by atoms with Crippen molar-refractivity contribution in [1.82, 2.24) is 9.55 Å². The van der Waals surface area contributed by atoms with Crippen LogP contribution in [0.15, 0.2) is 18.2 Å². The average Bonchev–Trinajstić information content (AvgIpc) is 2.96. The lowest BCUT2D eigenvalue weighted by Crippen LogP contribution is -1.89. The Labute approximate surface area is 83.6 Å². The number of imidazole rings is 1. The van der Waals surface area contributed by atoms with Gasteiger partial charge in [0.1, 0.15) is 5.82 Å². The first-order valence-corrected chi connectivity index (χ1v) is 5.18. The molecule has 0 N–H and O–H groups in total. The van der Waals surface area contributed by atoms with Crippen LogP contribution >= 0.6 is 0 Å². The fourth-order valence-electron chi connectivity index (χ4n) is 2.01. The summed E-state index contributed by atoms with van der Waals surface area (Å²) in [6.07, 6.45) is 2.72. The van der Waals surface area contributed by atoms with Crippen LogP contribution in [-0.4, -0.2) is 9.55 Å². The van der Waals surface area contributed by atoms with E-state index in [0.29, 0.717) is 0 Å². The van der Waals surface area contributed by atoms with Crippen molar-refractivity contribution in [1.29, 1.82) is 0 Å². The quantitative estimate of drug-likeness (QED) is 0.669. The summed E-state index contributed by atoms with van der Waals surface area (Å²) >= 11 is 0. The first kappa shape index (κ1) is 8.04. The fourth-order valence-corrected chi connectivity index (χ4v) is 2.01. The second kappa shape index (κ2) is 2.59. The number of benzene rings is 1. The van der Waals surface area contributed by atoms with Crippen molar-refractivity contribution in [2.75, 3.05) is 0 Å². The lowest BCUT2D eigenvalue weighted by molar-refractivity contribution is 0.886. The summed E-state index contributed by atoms with van der Waals surface area (Å²) in [6.45, 7) is 2.05. The normalized spacial score (nSPS) is 16.4. The molecule has 0 saturated heterocycles. The molecule has 0 bridgehead atoms. The summed E-state index contributed by atoms with van der Waals surface area (Å²) < 4.78 is 2.14. The van der Waals surface area contributed by atoms with Crippen LogP contribution in [0.4, 0.5) is 0 Å². The molecule has 2 heteroatoms. The van der Waals surface area contributed by atoms with Crippen LogP contribution in [0, 0.1) is 6.92 Å². The molecule has 2 aromatic rings. The van der Waals surface area contributed by atoms with Crippen molar-refractivity contribution in [2.24, 2.45) is 7.05 Å². The van der Waals surface area contributed by atoms with Gasteiger partial charge in [0.2, 0.25) is 0 Å². The van der Waals surface area contributed by atoms with Gasteiger partial charge in [-0.15, -0.1) is 0 Å². The molecule has 2 nitrogen and oxygen atoms in total. The van der Waals surface area contributed by atoms with E-state index in [2.05, 4.69) is 41.7 Å². The molecular formula is C12H14N2. The predicted molar refractivity (Wildman–Crippen MR) is 57.4 cm³/mol. The van der Waals surface area contributed by atoms with Gasteiger partial charge in [-0.25, -0.2) is 4.98 Å². The third-order valence-electron chi connectivity index (χ3n) is 3.18. The molecule has 14 heavy (non-hydrogen) atoms. The van der Waals surface area contributed by atoms with Crippen LogP contribution in [0.5, 0.6) is 0 Å². The molecule has 1 aliphatic carbocycles. The van der Waals surface area contributed by atoms with Gasteiger partial charge in [0.25, 0.3) is 0 Å². The molecule has 1 aromatic carbocycles. The molecule has 0 radical (unpaired) electrons. The predicted octanol–water partition coefficient (Wildman–Crippen LogP) is 2.76. The van der Waals surface area contributed by atoms with Gasteiger partial charge in [0.15, 0.2) is 0 Å². The number of rotatable bonds is 1. The summed E-state index contributed by atoms with van der Waals surface area (Å²) in [4.78, 5) is 4.55. The second-order valence-electron chi connectivity index (χ2n) is 4.24. The third kappa shape index (κ3) is 1.07. The van der Waals surface area contributed by atoms with E-state index in [-0.39, 0.29) is 0 Å². The minimum absolute atomic E-state index is 0.821. The first-order chi connectivity index (χ1) is 6.75. The maximum Gasteiger partial charge on any atom is 0.106 e. The van der Waals surface area contributed by atoms with Gasteiger partial charge >= 0.3 is 0 Å². The van der Waals surface area contributed by atoms with Crippen molar-refractivity contribution in [2.45, 2.75) is 25.7 Å². The number of hydrogen-bond acceptors (Lipinski definition) is 1. The van der Waals surface area contributed by atoms with Crippen molar-refractivity contribution in [3.63, 3.8) is 0 Å². The molecule has 1 aliphatic rings. The molecule has 0 unspecified atom stereocenters. The Balaban J connectivity index is 2.23. The smallest absolute Gasteiger partial charge is 0.106 e. The summed E-state index contributed by atoms with van der Waals surface area (Å²) in [6, 6.07) is 6.70. The monoisotopic (exact) mass is 186 g/mol. The van der Waals surface area contributed by atoms with Gasteiger partial charge in [-0.1, -0.05) is 6.07 Å². The van der Waals surface area contributed by atoms with Gasteiger partial charge in [0.05, 0.1) is 11.0 Å². The number of fused-ring (bicyclic) bond motifs is 1. The highest BCUT2D eigenvalue weighted by molar-refractivity contribution is 5.77. The standard InChI is InChI=1S/C12H14N2/c1-8-13-11-7-10(9-3-4-9)5-6-12(11)14(8)2/h5-7,9H,3-4H2,1-2H3. The molecular weight excluding hydrogens is 172 g/mol. The second-order valence-corrected chi connectivity index (χ2v) is 4.24. The van der Waals surface area contributed by atoms with E-state index in [9.17, 15) is 0 Å². The summed E-state index contributed by atoms with van der Waals surface area (Å²) in [5.74, 6) is 1.91. The average molecular weight is 186 g/mol. The Morgan fingerprint density at radius 1 is 1.36 bits per heavy atom. The van der Waals surface area contributed by atoms with E-state index in [1.165, 1.54) is 23.9 Å². The van der Waals surface area contributed by atoms with E-state index in [1.807, 2.05) is 0 Å². The van der Waals surface area contributed by atoms with E-state index < -0.39 is 0 Å². The van der Waals surface area contributed by atoms with E-state index in [0.717, 1.165) is 17.3 Å².